The fraction of sp³-hybridized carbons (Fsp3) is 0.508. The molecule has 5 heteroatoms. The van der Waals surface area contributed by atoms with Gasteiger partial charge in [0.05, 0.1) is 12.2 Å². The maximum absolute atomic E-state index is 5.66. The first-order chi connectivity index (χ1) is 29.3. The van der Waals surface area contributed by atoms with Gasteiger partial charge in [-0.2, -0.15) is 0 Å². The maximum Gasteiger partial charge on any atom is 0.128 e. The van der Waals surface area contributed by atoms with Gasteiger partial charge < -0.3 is 14.4 Å². The second-order valence-corrected chi connectivity index (χ2v) is 19.1. The summed E-state index contributed by atoms with van der Waals surface area (Å²) in [5.74, 6) is 6.03. The molecule has 1 aliphatic rings. The average Bonchev–Trinajstić information content (AvgIpc) is 3.24. The highest BCUT2D eigenvalue weighted by atomic mass is 16.5. The molecule has 0 unspecified atom stereocenters. The molecule has 0 aliphatic carbocycles. The van der Waals surface area contributed by atoms with Crippen LogP contribution >= 0.6 is 0 Å². The molecule has 0 atom stereocenters. The Morgan fingerprint density at radius 2 is 0.672 bits per heavy atom. The minimum absolute atomic E-state index is 0. The summed E-state index contributed by atoms with van der Waals surface area (Å²) in [6.07, 6.45) is 2.50. The van der Waals surface area contributed by atoms with Crippen LogP contribution in [0.1, 0.15) is 183 Å². The molecule has 1 fully saturated rings. The lowest BCUT2D eigenvalue weighted by atomic mass is 9.97. The van der Waals surface area contributed by atoms with Gasteiger partial charge in [0.25, 0.3) is 0 Å². The predicted molar refractivity (Wildman–Crippen MR) is 283 cm³/mol. The van der Waals surface area contributed by atoms with Crippen molar-refractivity contribution in [2.45, 2.75) is 173 Å². The SMILES string of the molecule is C.C.CC(C)Oc1ccc(-c2ccc(C(C)C)cc2)cc1.CC(C)Oc1ccc(C(C)C)cc1.CC(C)c1ccc(C(C)C)cc1.CC(C)c1ccc(N2CCN(C(C)C)CC2)nc1. The summed E-state index contributed by atoms with van der Waals surface area (Å²) in [7, 11) is 0. The third-order valence-corrected chi connectivity index (χ3v) is 11.1. The zero-order valence-electron chi connectivity index (χ0n) is 41.6. The number of pyridine rings is 1. The normalized spacial score (nSPS) is 12.6. The van der Waals surface area contributed by atoms with Crippen LogP contribution in [0.2, 0.25) is 0 Å². The van der Waals surface area contributed by atoms with E-state index in [-0.39, 0.29) is 27.1 Å². The summed E-state index contributed by atoms with van der Waals surface area (Å²) in [5, 5.41) is 0. The molecule has 6 rings (SSSR count). The van der Waals surface area contributed by atoms with E-state index >= 15 is 0 Å². The Labute approximate surface area is 394 Å². The van der Waals surface area contributed by atoms with E-state index in [1.807, 2.05) is 58.2 Å². The van der Waals surface area contributed by atoms with Crippen LogP contribution in [0.5, 0.6) is 11.5 Å². The summed E-state index contributed by atoms with van der Waals surface area (Å²) in [6.45, 7) is 39.3. The van der Waals surface area contributed by atoms with Gasteiger partial charge in [0, 0.05) is 38.4 Å². The fourth-order valence-corrected chi connectivity index (χ4v) is 6.92. The van der Waals surface area contributed by atoms with Gasteiger partial charge in [-0.05, 0) is 140 Å². The van der Waals surface area contributed by atoms with Crippen molar-refractivity contribution in [2.24, 2.45) is 0 Å². The van der Waals surface area contributed by atoms with E-state index in [0.29, 0.717) is 35.6 Å². The average molecular weight is 874 g/mol. The number of rotatable bonds is 12. The minimum Gasteiger partial charge on any atom is -0.491 e. The van der Waals surface area contributed by atoms with Crippen LogP contribution in [-0.4, -0.2) is 54.3 Å². The predicted octanol–water partition coefficient (Wildman–Crippen LogP) is 16.8. The second kappa shape index (κ2) is 29.0. The molecule has 1 aromatic heterocycles. The van der Waals surface area contributed by atoms with Crippen molar-refractivity contribution in [1.29, 1.82) is 0 Å². The third kappa shape index (κ3) is 20.1. The highest BCUT2D eigenvalue weighted by molar-refractivity contribution is 5.64. The fourth-order valence-electron chi connectivity index (χ4n) is 6.92. The first-order valence-corrected chi connectivity index (χ1v) is 23.5. The largest absolute Gasteiger partial charge is 0.491 e. The van der Waals surface area contributed by atoms with Crippen molar-refractivity contribution in [1.82, 2.24) is 9.88 Å². The van der Waals surface area contributed by atoms with E-state index in [1.54, 1.807) is 0 Å². The quantitative estimate of drug-likeness (QED) is 0.125. The molecule has 4 aromatic carbocycles. The molecule has 0 N–H and O–H groups in total. The molecular formula is C59H91N3O2. The lowest BCUT2D eigenvalue weighted by Gasteiger charge is -2.37. The Kier molecular flexibility index (Phi) is 26.0. The number of benzene rings is 4. The van der Waals surface area contributed by atoms with E-state index < -0.39 is 0 Å². The van der Waals surface area contributed by atoms with E-state index in [0.717, 1.165) is 43.5 Å². The maximum atomic E-state index is 5.66. The Bertz CT molecular complexity index is 1890. The van der Waals surface area contributed by atoms with Crippen molar-refractivity contribution in [2.75, 3.05) is 31.1 Å². The van der Waals surface area contributed by atoms with E-state index in [2.05, 4.69) is 183 Å². The van der Waals surface area contributed by atoms with Crippen molar-refractivity contribution < 1.29 is 9.47 Å². The van der Waals surface area contributed by atoms with Crippen LogP contribution in [0.4, 0.5) is 5.82 Å². The standard InChI is InChI=1S/C18H22O.C15H25N3.C12H18O.C12H18.2CH4/c1-13(2)15-5-7-16(8-6-15)17-9-11-18(12-10-17)19-14(3)4;1-12(2)14-5-6-15(16-11-14)18-9-7-17(8-10-18)13(3)4;1-9(2)11-5-7-12(8-6-11)13-10(3)4;1-9(2)11-5-7-12(8-6-11)10(3)4;;/h5-14H,1-4H3;5-6,11-13H,7-10H2,1-4H3;5-10H,1-4H3;5-10H,1-4H3;2*1H4. The number of nitrogens with zero attached hydrogens (tertiary/aromatic N) is 3. The van der Waals surface area contributed by atoms with Gasteiger partial charge >= 0.3 is 0 Å². The van der Waals surface area contributed by atoms with Crippen molar-refractivity contribution in [3.05, 3.63) is 143 Å². The summed E-state index contributed by atoms with van der Waals surface area (Å²) in [5.41, 5.74) is 9.39. The molecule has 0 bridgehead atoms. The summed E-state index contributed by atoms with van der Waals surface area (Å²) < 4.78 is 11.2. The number of hydrogen-bond donors (Lipinski definition) is 0. The Hall–Kier alpha value is -4.61. The molecular weight excluding hydrogens is 783 g/mol. The first kappa shape index (κ1) is 57.4. The molecule has 354 valence electrons. The molecule has 1 aliphatic heterocycles. The number of piperazine rings is 1. The van der Waals surface area contributed by atoms with Gasteiger partial charge in [-0.25, -0.2) is 4.98 Å². The number of aromatic nitrogens is 1. The summed E-state index contributed by atoms with van der Waals surface area (Å²) in [6, 6.07) is 39.4. The molecule has 64 heavy (non-hydrogen) atoms. The number of ether oxygens (including phenoxy) is 2. The van der Waals surface area contributed by atoms with Crippen molar-refractivity contribution in [3.8, 4) is 22.6 Å². The van der Waals surface area contributed by atoms with E-state index in [4.69, 9.17) is 9.47 Å². The second-order valence-electron chi connectivity index (χ2n) is 19.1. The Balaban J connectivity index is 0.000000430. The number of anilines is 1. The van der Waals surface area contributed by atoms with Gasteiger partial charge in [-0.15, -0.1) is 0 Å². The van der Waals surface area contributed by atoms with Gasteiger partial charge in [0.2, 0.25) is 0 Å². The van der Waals surface area contributed by atoms with Crippen molar-refractivity contribution >= 4 is 5.82 Å². The van der Waals surface area contributed by atoms with Gasteiger partial charge in [0.15, 0.2) is 0 Å². The van der Waals surface area contributed by atoms with E-state index in [9.17, 15) is 0 Å². The molecule has 5 nitrogen and oxygen atoms in total. The van der Waals surface area contributed by atoms with Crippen LogP contribution in [0.15, 0.2) is 115 Å². The zero-order chi connectivity index (χ0) is 45.9. The smallest absolute Gasteiger partial charge is 0.128 e. The number of hydrogen-bond acceptors (Lipinski definition) is 5. The molecule has 0 spiro atoms. The molecule has 1 saturated heterocycles. The lowest BCUT2D eigenvalue weighted by molar-refractivity contribution is 0.209. The molecule has 0 amide bonds. The van der Waals surface area contributed by atoms with Gasteiger partial charge in [-0.3, -0.25) is 4.90 Å². The lowest BCUT2D eigenvalue weighted by Crippen LogP contribution is -2.49. The Morgan fingerprint density at radius 1 is 0.375 bits per heavy atom. The zero-order valence-corrected chi connectivity index (χ0v) is 41.6. The topological polar surface area (TPSA) is 37.8 Å². The molecule has 5 aromatic rings. The minimum atomic E-state index is 0. The van der Waals surface area contributed by atoms with Crippen LogP contribution < -0.4 is 14.4 Å². The monoisotopic (exact) mass is 874 g/mol. The third-order valence-electron chi connectivity index (χ3n) is 11.1. The van der Waals surface area contributed by atoms with Crippen LogP contribution in [0.3, 0.4) is 0 Å². The molecule has 2 heterocycles. The summed E-state index contributed by atoms with van der Waals surface area (Å²) >= 11 is 0. The van der Waals surface area contributed by atoms with Gasteiger partial charge in [0.1, 0.15) is 17.3 Å². The molecule has 0 saturated carbocycles. The first-order valence-electron chi connectivity index (χ1n) is 23.5. The summed E-state index contributed by atoms with van der Waals surface area (Å²) in [4.78, 5) is 9.52. The highest BCUT2D eigenvalue weighted by Gasteiger charge is 2.19. The van der Waals surface area contributed by atoms with Gasteiger partial charge in [-0.1, -0.05) is 163 Å². The van der Waals surface area contributed by atoms with E-state index in [1.165, 1.54) is 38.9 Å². The van der Waals surface area contributed by atoms with Crippen molar-refractivity contribution in [3.63, 3.8) is 0 Å². The molecule has 0 radical (unpaired) electrons. The van der Waals surface area contributed by atoms with Crippen LogP contribution in [0, 0.1) is 0 Å². The van der Waals surface area contributed by atoms with Crippen LogP contribution in [-0.2, 0) is 0 Å². The highest BCUT2D eigenvalue weighted by Crippen LogP contribution is 2.26. The Morgan fingerprint density at radius 3 is 0.969 bits per heavy atom. The van der Waals surface area contributed by atoms with Crippen LogP contribution in [0.25, 0.3) is 11.1 Å².